The van der Waals surface area contributed by atoms with Crippen molar-refractivity contribution in [2.45, 2.75) is 4.43 Å². The fraction of sp³-hybridized carbons (Fsp3) is 0.161. The van der Waals surface area contributed by atoms with Gasteiger partial charge in [-0.15, -0.1) is 0 Å². The molecule has 0 atom stereocenters. The minimum absolute atomic E-state index is 0.0112. The molecule has 0 aliphatic heterocycles. The van der Waals surface area contributed by atoms with Crippen LogP contribution in [0, 0.1) is 20.2 Å². The van der Waals surface area contributed by atoms with Gasteiger partial charge >= 0.3 is 17.4 Å². The number of nitrogens with zero attached hydrogens (tertiary/aromatic N) is 7. The first-order chi connectivity index (χ1) is 24.1. The fourth-order valence-electron chi connectivity index (χ4n) is 4.10. The number of aromatic amines is 1. The molecule has 18 nitrogen and oxygen atoms in total. The predicted octanol–water partition coefficient (Wildman–Crippen LogP) is 5.61. The number of halogens is 1. The quantitative estimate of drug-likeness (QED) is 0.0811. The monoisotopic (exact) mass is 798 g/mol. The lowest BCUT2D eigenvalue weighted by atomic mass is 10.2. The summed E-state index contributed by atoms with van der Waals surface area (Å²) in [7, 11) is 6.17. The SMILES string of the molecule is COc1cc2[nH]ccc(=O)c2cc1OC.COc1cc2nccc(Oc3ncc([N+](=O)[O-])cn3)c2cc1OC.O=[N+]([O-])c1cnc(CI)nc1. The van der Waals surface area contributed by atoms with Crippen LogP contribution in [0.3, 0.4) is 0 Å². The van der Waals surface area contributed by atoms with Crippen molar-refractivity contribution in [2.75, 3.05) is 28.4 Å². The van der Waals surface area contributed by atoms with E-state index in [1.807, 2.05) is 0 Å². The van der Waals surface area contributed by atoms with E-state index < -0.39 is 9.85 Å². The molecule has 50 heavy (non-hydrogen) atoms. The lowest BCUT2D eigenvalue weighted by molar-refractivity contribution is -0.385. The van der Waals surface area contributed by atoms with Crippen LogP contribution < -0.4 is 29.1 Å². The summed E-state index contributed by atoms with van der Waals surface area (Å²) in [6, 6.07) is 9.97. The maximum absolute atomic E-state index is 11.5. The maximum atomic E-state index is 11.5. The van der Waals surface area contributed by atoms with Gasteiger partial charge in [0.1, 0.15) is 36.4 Å². The Balaban J connectivity index is 0.000000184. The summed E-state index contributed by atoms with van der Waals surface area (Å²) >= 11 is 2.09. The Kier molecular flexibility index (Phi) is 12.6. The van der Waals surface area contributed by atoms with E-state index in [4.69, 9.17) is 23.7 Å². The molecule has 0 amide bonds. The van der Waals surface area contributed by atoms with Crippen molar-refractivity contribution in [1.82, 2.24) is 29.9 Å². The van der Waals surface area contributed by atoms with Gasteiger partial charge in [0.25, 0.3) is 0 Å². The zero-order valence-electron chi connectivity index (χ0n) is 26.7. The van der Waals surface area contributed by atoms with Crippen LogP contribution in [0.4, 0.5) is 11.4 Å². The molecule has 0 saturated carbocycles. The molecule has 0 fully saturated rings. The van der Waals surface area contributed by atoms with Crippen LogP contribution in [-0.4, -0.2) is 68.2 Å². The lowest BCUT2D eigenvalue weighted by Gasteiger charge is -2.11. The van der Waals surface area contributed by atoms with Crippen molar-refractivity contribution in [2.24, 2.45) is 0 Å². The highest BCUT2D eigenvalue weighted by atomic mass is 127. The maximum Gasteiger partial charge on any atom is 0.322 e. The van der Waals surface area contributed by atoms with Gasteiger partial charge in [-0.3, -0.25) is 30.0 Å². The topological polar surface area (TPSA) is 230 Å². The Morgan fingerprint density at radius 3 is 1.76 bits per heavy atom. The van der Waals surface area contributed by atoms with Gasteiger partial charge < -0.3 is 28.7 Å². The van der Waals surface area contributed by atoms with Crippen molar-refractivity contribution < 1.29 is 33.5 Å². The molecule has 0 bridgehead atoms. The first-order valence-electron chi connectivity index (χ1n) is 14.0. The molecule has 4 heterocycles. The smallest absolute Gasteiger partial charge is 0.322 e. The molecule has 1 N–H and O–H groups in total. The fourth-order valence-corrected chi connectivity index (χ4v) is 4.50. The first kappa shape index (κ1) is 36.6. The van der Waals surface area contributed by atoms with E-state index in [-0.39, 0.29) is 22.8 Å². The number of alkyl halides is 1. The molecule has 0 saturated heterocycles. The number of fused-ring (bicyclic) bond motifs is 2. The molecular formula is C31H27IN8O10. The van der Waals surface area contributed by atoms with Crippen LogP contribution in [0.25, 0.3) is 21.8 Å². The third kappa shape index (κ3) is 9.00. The Morgan fingerprint density at radius 1 is 0.700 bits per heavy atom. The molecule has 258 valence electrons. The first-order valence-corrected chi connectivity index (χ1v) is 15.5. The number of hydrogen-bond donors (Lipinski definition) is 1. The highest BCUT2D eigenvalue weighted by Crippen LogP contribution is 2.36. The van der Waals surface area contributed by atoms with E-state index in [1.54, 1.807) is 56.9 Å². The molecule has 0 spiro atoms. The summed E-state index contributed by atoms with van der Waals surface area (Å²) in [5, 5.41) is 22.0. The van der Waals surface area contributed by atoms with Gasteiger partial charge in [-0.1, -0.05) is 22.6 Å². The van der Waals surface area contributed by atoms with Crippen LogP contribution in [-0.2, 0) is 4.43 Å². The van der Waals surface area contributed by atoms with E-state index in [2.05, 4.69) is 52.5 Å². The molecule has 6 rings (SSSR count). The molecular weight excluding hydrogens is 771 g/mol. The Hall–Kier alpha value is -6.25. The van der Waals surface area contributed by atoms with Crippen LogP contribution in [0.1, 0.15) is 5.82 Å². The zero-order chi connectivity index (χ0) is 36.2. The highest BCUT2D eigenvalue weighted by Gasteiger charge is 2.14. The van der Waals surface area contributed by atoms with Crippen molar-refractivity contribution >= 4 is 55.8 Å². The van der Waals surface area contributed by atoms with Crippen LogP contribution in [0.5, 0.6) is 34.8 Å². The van der Waals surface area contributed by atoms with Gasteiger partial charge in [0.05, 0.1) is 53.7 Å². The molecule has 0 unspecified atom stereocenters. The summed E-state index contributed by atoms with van der Waals surface area (Å²) in [6.07, 6.45) is 7.75. The van der Waals surface area contributed by atoms with E-state index in [0.29, 0.717) is 55.3 Å². The van der Waals surface area contributed by atoms with Crippen LogP contribution in [0.15, 0.2) is 78.4 Å². The van der Waals surface area contributed by atoms with E-state index in [0.717, 1.165) is 17.9 Å². The summed E-state index contributed by atoms with van der Waals surface area (Å²) in [5.41, 5.74) is 1.05. The van der Waals surface area contributed by atoms with Crippen molar-refractivity contribution in [1.29, 1.82) is 0 Å². The minimum Gasteiger partial charge on any atom is -0.493 e. The van der Waals surface area contributed by atoms with Gasteiger partial charge in [-0.2, -0.15) is 9.97 Å². The number of nitro groups is 2. The second kappa shape index (κ2) is 17.2. The second-order valence-corrected chi connectivity index (χ2v) is 10.2. The number of aromatic nitrogens is 6. The van der Waals surface area contributed by atoms with Crippen molar-refractivity contribution in [3.8, 4) is 34.8 Å². The van der Waals surface area contributed by atoms with E-state index in [1.165, 1.54) is 32.7 Å². The number of nitrogens with one attached hydrogen (secondary N) is 1. The second-order valence-electron chi connectivity index (χ2n) is 9.46. The van der Waals surface area contributed by atoms with Gasteiger partial charge in [0, 0.05) is 41.4 Å². The van der Waals surface area contributed by atoms with Gasteiger partial charge in [-0.25, -0.2) is 9.97 Å². The highest BCUT2D eigenvalue weighted by molar-refractivity contribution is 14.1. The molecule has 6 aromatic rings. The van der Waals surface area contributed by atoms with Crippen LogP contribution in [0.2, 0.25) is 0 Å². The Labute approximate surface area is 295 Å². The summed E-state index contributed by atoms with van der Waals surface area (Å²) in [5.74, 6) is 3.27. The normalized spacial score (nSPS) is 10.2. The molecule has 2 aromatic carbocycles. The summed E-state index contributed by atoms with van der Waals surface area (Å²) < 4.78 is 27.1. The van der Waals surface area contributed by atoms with Gasteiger partial charge in [0.2, 0.25) is 0 Å². The Morgan fingerprint density at radius 2 is 1.22 bits per heavy atom. The number of methoxy groups -OCH3 is 4. The Bertz CT molecular complexity index is 2170. The van der Waals surface area contributed by atoms with Gasteiger partial charge in [0.15, 0.2) is 28.4 Å². The summed E-state index contributed by atoms with van der Waals surface area (Å²) in [6.45, 7) is 0. The lowest BCUT2D eigenvalue weighted by Crippen LogP contribution is -2.01. The predicted molar refractivity (Wildman–Crippen MR) is 188 cm³/mol. The third-order valence-electron chi connectivity index (χ3n) is 6.52. The minimum atomic E-state index is -0.581. The number of H-pyrrole nitrogens is 1. The summed E-state index contributed by atoms with van der Waals surface area (Å²) in [4.78, 5) is 53.6. The third-order valence-corrected chi connectivity index (χ3v) is 7.20. The van der Waals surface area contributed by atoms with Crippen molar-refractivity contribution in [3.63, 3.8) is 0 Å². The van der Waals surface area contributed by atoms with Gasteiger partial charge in [-0.05, 0) is 18.2 Å². The average molecular weight is 799 g/mol. The number of rotatable bonds is 9. The standard InChI is InChI=1S/C15H12N4O5.C11H11NO3.C5H4IN3O2/c1-22-13-5-10-11(6-14(13)23-2)16-4-3-12(10)24-15-17-7-9(8-18-15)19(20)21;1-14-10-5-7-8(6-11(10)15-2)12-4-3-9(7)13;6-1-5-7-2-4(3-8-5)9(10)11/h3-8H,1-2H3;3-6H,1-2H3,(H,12,13);2-3H,1H2. The number of pyridine rings is 2. The average Bonchev–Trinajstić information content (AvgIpc) is 3.14. The number of benzene rings is 2. The van der Waals surface area contributed by atoms with E-state index in [9.17, 15) is 25.0 Å². The molecule has 19 heteroatoms. The largest absolute Gasteiger partial charge is 0.493 e. The number of ether oxygens (including phenoxy) is 5. The van der Waals surface area contributed by atoms with Crippen LogP contribution >= 0.6 is 22.6 Å². The number of hydrogen-bond acceptors (Lipinski definition) is 15. The van der Waals surface area contributed by atoms with E-state index >= 15 is 0 Å². The zero-order valence-corrected chi connectivity index (χ0v) is 28.9. The molecule has 0 radical (unpaired) electrons. The molecule has 0 aliphatic rings. The molecule has 0 aliphatic carbocycles. The van der Waals surface area contributed by atoms with Crippen molar-refractivity contribution in [3.05, 3.63) is 110 Å². The molecule has 4 aromatic heterocycles.